The normalized spacial score (nSPS) is 13.7. The topological polar surface area (TPSA) is 58.6 Å². The van der Waals surface area contributed by atoms with Crippen molar-refractivity contribution >= 4 is 17.7 Å². The molecule has 0 spiro atoms. The second kappa shape index (κ2) is 5.69. The Kier molecular flexibility index (Phi) is 3.99. The van der Waals surface area contributed by atoms with Gasteiger partial charge in [0.1, 0.15) is 11.4 Å². The zero-order chi connectivity index (χ0) is 13.8. The molecule has 0 saturated heterocycles. The molecule has 1 aromatic rings. The Balaban J connectivity index is 2.34. The smallest absolute Gasteiger partial charge is 0.343 e. The first kappa shape index (κ1) is 13.3. The van der Waals surface area contributed by atoms with Gasteiger partial charge in [0.25, 0.3) is 0 Å². The molecule has 0 radical (unpaired) electrons. The molecule has 0 bridgehead atoms. The van der Waals surface area contributed by atoms with Crippen LogP contribution in [0.5, 0.6) is 0 Å². The van der Waals surface area contributed by atoms with E-state index in [1.807, 2.05) is 25.2 Å². The summed E-state index contributed by atoms with van der Waals surface area (Å²) in [4.78, 5) is 24.3. The highest BCUT2D eigenvalue weighted by atomic mass is 16.5. The summed E-state index contributed by atoms with van der Waals surface area (Å²) in [7, 11) is 3.68. The second-order valence-electron chi connectivity index (χ2n) is 4.39. The van der Waals surface area contributed by atoms with Crippen LogP contribution in [0.2, 0.25) is 0 Å². The van der Waals surface area contributed by atoms with Crippen LogP contribution in [0.25, 0.3) is 0 Å². The maximum Gasteiger partial charge on any atom is 0.343 e. The summed E-state index contributed by atoms with van der Waals surface area (Å²) in [5.41, 5.74) is 0.388. The number of nitrogens with zero attached hydrogens (tertiary/aromatic N) is 4. The third-order valence-corrected chi connectivity index (χ3v) is 2.75. The van der Waals surface area contributed by atoms with Gasteiger partial charge in [0, 0.05) is 33.0 Å². The average molecular weight is 262 g/mol. The number of aromatic nitrogens is 2. The van der Waals surface area contributed by atoms with E-state index < -0.39 is 5.97 Å². The van der Waals surface area contributed by atoms with Gasteiger partial charge in [-0.15, -0.1) is 0 Å². The Hall–Kier alpha value is -2.11. The monoisotopic (exact) mass is 262 g/mol. The highest BCUT2D eigenvalue weighted by molar-refractivity contribution is 5.94. The van der Waals surface area contributed by atoms with Crippen molar-refractivity contribution in [2.75, 3.05) is 37.0 Å². The van der Waals surface area contributed by atoms with Crippen LogP contribution >= 0.6 is 0 Å². The van der Waals surface area contributed by atoms with E-state index in [0.717, 1.165) is 13.0 Å². The molecule has 2 heterocycles. The zero-order valence-electron chi connectivity index (χ0n) is 11.5. The summed E-state index contributed by atoms with van der Waals surface area (Å²) < 4.78 is 5.01. The van der Waals surface area contributed by atoms with Crippen molar-refractivity contribution in [2.24, 2.45) is 0 Å². The van der Waals surface area contributed by atoms with Crippen molar-refractivity contribution in [3.8, 4) is 0 Å². The van der Waals surface area contributed by atoms with Gasteiger partial charge in [0.15, 0.2) is 0 Å². The standard InChI is InChI=1S/C13H18N4O2/c1-4-19-12(18)10-9-14-13(15-11(10)16(2)3)17-7-5-6-8-17/h5,7,9H,4,6,8H2,1-3H3. The molecule has 1 aliphatic rings. The van der Waals surface area contributed by atoms with Crippen molar-refractivity contribution in [3.63, 3.8) is 0 Å². The fourth-order valence-corrected chi connectivity index (χ4v) is 1.85. The minimum absolute atomic E-state index is 0.336. The van der Waals surface area contributed by atoms with Crippen molar-refractivity contribution in [3.05, 3.63) is 24.0 Å². The number of esters is 1. The van der Waals surface area contributed by atoms with E-state index in [1.54, 1.807) is 11.8 Å². The summed E-state index contributed by atoms with van der Waals surface area (Å²) in [5, 5.41) is 0. The Morgan fingerprint density at radius 2 is 2.32 bits per heavy atom. The summed E-state index contributed by atoms with van der Waals surface area (Å²) in [5.74, 6) is 0.781. The summed E-state index contributed by atoms with van der Waals surface area (Å²) in [6.45, 7) is 2.98. The Morgan fingerprint density at radius 3 is 2.89 bits per heavy atom. The number of hydrogen-bond donors (Lipinski definition) is 0. The molecule has 0 aliphatic carbocycles. The molecule has 1 aromatic heterocycles. The molecule has 0 amide bonds. The van der Waals surface area contributed by atoms with Gasteiger partial charge in [0.05, 0.1) is 6.61 Å². The van der Waals surface area contributed by atoms with Crippen molar-refractivity contribution < 1.29 is 9.53 Å². The van der Waals surface area contributed by atoms with E-state index in [0.29, 0.717) is 23.9 Å². The van der Waals surface area contributed by atoms with Gasteiger partial charge in [-0.1, -0.05) is 6.08 Å². The average Bonchev–Trinajstić information content (AvgIpc) is 2.92. The van der Waals surface area contributed by atoms with Crippen LogP contribution in [0.15, 0.2) is 18.5 Å². The van der Waals surface area contributed by atoms with Crippen molar-refractivity contribution in [1.82, 2.24) is 9.97 Å². The number of carbonyl (C=O) groups excluding carboxylic acids is 1. The molecule has 0 unspecified atom stereocenters. The third kappa shape index (κ3) is 2.83. The van der Waals surface area contributed by atoms with Crippen molar-refractivity contribution in [2.45, 2.75) is 13.3 Å². The predicted molar refractivity (Wildman–Crippen MR) is 73.4 cm³/mol. The molecule has 2 rings (SSSR count). The Morgan fingerprint density at radius 1 is 1.53 bits per heavy atom. The van der Waals surface area contributed by atoms with Crippen LogP contribution in [0.3, 0.4) is 0 Å². The molecule has 0 fully saturated rings. The lowest BCUT2D eigenvalue weighted by molar-refractivity contribution is 0.0526. The first-order valence-electron chi connectivity index (χ1n) is 6.28. The van der Waals surface area contributed by atoms with Crippen LogP contribution in [-0.4, -0.2) is 43.2 Å². The van der Waals surface area contributed by atoms with Gasteiger partial charge in [-0.3, -0.25) is 0 Å². The van der Waals surface area contributed by atoms with Gasteiger partial charge >= 0.3 is 5.97 Å². The molecule has 1 aliphatic heterocycles. The lowest BCUT2D eigenvalue weighted by Crippen LogP contribution is -2.21. The Labute approximate surface area is 112 Å². The molecule has 6 nitrogen and oxygen atoms in total. The molecule has 6 heteroatoms. The van der Waals surface area contributed by atoms with Crippen LogP contribution in [-0.2, 0) is 4.74 Å². The predicted octanol–water partition coefficient (Wildman–Crippen LogP) is 1.44. The molecule has 0 atom stereocenters. The SMILES string of the molecule is CCOC(=O)c1cnc(N2C=CCC2)nc1N(C)C. The summed E-state index contributed by atoms with van der Waals surface area (Å²) in [6, 6.07) is 0. The van der Waals surface area contributed by atoms with Crippen molar-refractivity contribution in [1.29, 1.82) is 0 Å². The first-order valence-corrected chi connectivity index (χ1v) is 6.28. The molecular weight excluding hydrogens is 244 g/mol. The van der Waals surface area contributed by atoms with Crippen LogP contribution in [0, 0.1) is 0 Å². The number of anilines is 2. The zero-order valence-corrected chi connectivity index (χ0v) is 11.5. The maximum absolute atomic E-state index is 11.8. The highest BCUT2D eigenvalue weighted by Gasteiger charge is 2.19. The van der Waals surface area contributed by atoms with Crippen LogP contribution < -0.4 is 9.80 Å². The molecule has 0 saturated carbocycles. The second-order valence-corrected chi connectivity index (χ2v) is 4.39. The molecule has 0 aromatic carbocycles. The molecule has 0 N–H and O–H groups in total. The lowest BCUT2D eigenvalue weighted by atomic mass is 10.3. The van der Waals surface area contributed by atoms with E-state index in [-0.39, 0.29) is 0 Å². The van der Waals surface area contributed by atoms with Gasteiger partial charge < -0.3 is 14.5 Å². The van der Waals surface area contributed by atoms with Gasteiger partial charge in [-0.05, 0) is 13.3 Å². The van der Waals surface area contributed by atoms with E-state index in [1.165, 1.54) is 6.20 Å². The minimum atomic E-state index is -0.394. The number of hydrogen-bond acceptors (Lipinski definition) is 6. The Bertz CT molecular complexity index is 499. The summed E-state index contributed by atoms with van der Waals surface area (Å²) in [6.07, 6.45) is 6.54. The molecule has 102 valence electrons. The van der Waals surface area contributed by atoms with E-state index in [2.05, 4.69) is 16.0 Å². The fraction of sp³-hybridized carbons (Fsp3) is 0.462. The number of rotatable bonds is 4. The first-order chi connectivity index (χ1) is 9.13. The molecule has 19 heavy (non-hydrogen) atoms. The highest BCUT2D eigenvalue weighted by Crippen LogP contribution is 2.21. The largest absolute Gasteiger partial charge is 0.462 e. The number of carbonyl (C=O) groups is 1. The van der Waals surface area contributed by atoms with Crippen LogP contribution in [0.1, 0.15) is 23.7 Å². The maximum atomic E-state index is 11.8. The summed E-state index contributed by atoms with van der Waals surface area (Å²) >= 11 is 0. The van der Waals surface area contributed by atoms with Gasteiger partial charge in [-0.2, -0.15) is 4.98 Å². The van der Waals surface area contributed by atoms with E-state index in [9.17, 15) is 4.79 Å². The molecular formula is C13H18N4O2. The lowest BCUT2D eigenvalue weighted by Gasteiger charge is -2.19. The minimum Gasteiger partial charge on any atom is -0.462 e. The fourth-order valence-electron chi connectivity index (χ4n) is 1.85. The van der Waals surface area contributed by atoms with Crippen LogP contribution in [0.4, 0.5) is 11.8 Å². The third-order valence-electron chi connectivity index (χ3n) is 2.75. The van der Waals surface area contributed by atoms with E-state index >= 15 is 0 Å². The quantitative estimate of drug-likeness (QED) is 0.765. The number of ether oxygens (including phenoxy) is 1. The van der Waals surface area contributed by atoms with Gasteiger partial charge in [-0.25, -0.2) is 9.78 Å². The van der Waals surface area contributed by atoms with E-state index in [4.69, 9.17) is 4.74 Å². The van der Waals surface area contributed by atoms with Gasteiger partial charge in [0.2, 0.25) is 5.95 Å².